The summed E-state index contributed by atoms with van der Waals surface area (Å²) >= 11 is 0. The molecule has 1 N–H and O–H groups in total. The highest BCUT2D eigenvalue weighted by Gasteiger charge is 2.19. The highest BCUT2D eigenvalue weighted by molar-refractivity contribution is 6.70. The maximum Gasteiger partial charge on any atom is 0.336 e. The van der Waals surface area contributed by atoms with Crippen LogP contribution in [-0.4, -0.2) is 35.1 Å². The largest absolute Gasteiger partial charge is 0.547 e. The zero-order valence-corrected chi connectivity index (χ0v) is 12.5. The fourth-order valence-electron chi connectivity index (χ4n) is 0.926. The second-order valence-electron chi connectivity index (χ2n) is 4.26. The average Bonchev–Trinajstić information content (AvgIpc) is 2.10. The molecule has 0 bridgehead atoms. The number of esters is 1. The molecule has 0 aromatic heterocycles. The van der Waals surface area contributed by atoms with Crippen LogP contribution < -0.4 is 0 Å². The topological polar surface area (TPSA) is 55.8 Å². The van der Waals surface area contributed by atoms with Crippen LogP contribution in [0.3, 0.4) is 0 Å². The number of allylic oxidation sites excluding steroid dienone is 1. The van der Waals surface area contributed by atoms with Gasteiger partial charge in [-0.2, -0.15) is 0 Å². The van der Waals surface area contributed by atoms with Crippen molar-refractivity contribution in [1.82, 2.24) is 0 Å². The second kappa shape index (κ2) is 6.09. The van der Waals surface area contributed by atoms with Gasteiger partial charge in [-0.05, 0) is 33.5 Å². The van der Waals surface area contributed by atoms with Crippen molar-refractivity contribution in [2.45, 2.75) is 33.5 Å². The third-order valence-corrected chi connectivity index (χ3v) is 2.92. The van der Waals surface area contributed by atoms with Gasteiger partial charge in [0.05, 0.1) is 11.3 Å². The van der Waals surface area contributed by atoms with E-state index in [1.54, 1.807) is 13.8 Å². The lowest BCUT2D eigenvalue weighted by Gasteiger charge is -2.20. The van der Waals surface area contributed by atoms with Gasteiger partial charge in [0, 0.05) is 0 Å². The van der Waals surface area contributed by atoms with Crippen molar-refractivity contribution in [3.63, 3.8) is 0 Å². The molecule has 0 saturated carbocycles. The maximum absolute atomic E-state index is 11.4. The first-order valence-electron chi connectivity index (χ1n) is 4.92. The van der Waals surface area contributed by atoms with Gasteiger partial charge in [0.1, 0.15) is 6.23 Å². The summed E-state index contributed by atoms with van der Waals surface area (Å²) in [5.74, 6) is 0.228. The van der Waals surface area contributed by atoms with E-state index >= 15 is 0 Å². The van der Waals surface area contributed by atoms with Gasteiger partial charge in [0.25, 0.3) is 0 Å². The summed E-state index contributed by atoms with van der Waals surface area (Å²) < 4.78 is 10.5. The molecule has 0 spiro atoms. The van der Waals surface area contributed by atoms with Gasteiger partial charge in [-0.25, -0.2) is 4.79 Å². The summed E-state index contributed by atoms with van der Waals surface area (Å²) in [6.45, 7) is 9.60. The molecular weight excluding hydrogens is 228 g/mol. The number of carbonyl (C=O) groups is 1. The fraction of sp³-hybridized carbons (Fsp3) is 0.667. The minimum atomic E-state index is -1.67. The molecule has 15 heavy (non-hydrogen) atoms. The zero-order chi connectivity index (χ0) is 12.1. The molecule has 6 heteroatoms. The summed E-state index contributed by atoms with van der Waals surface area (Å²) in [4.78, 5) is 20.0. The molecule has 0 aliphatic heterocycles. The summed E-state index contributed by atoms with van der Waals surface area (Å²) in [5.41, 5.74) is 0.486. The average molecular weight is 248 g/mol. The van der Waals surface area contributed by atoms with Crippen LogP contribution in [0.4, 0.5) is 0 Å². The lowest BCUT2D eigenvalue weighted by molar-refractivity contribution is -0.137. The third kappa shape index (κ3) is 6.48. The van der Waals surface area contributed by atoms with E-state index in [0.29, 0.717) is 11.3 Å². The van der Waals surface area contributed by atoms with Crippen LogP contribution in [-0.2, 0) is 14.0 Å². The molecule has 0 aromatic carbocycles. The third-order valence-electron chi connectivity index (χ3n) is 1.62. The smallest absolute Gasteiger partial charge is 0.336 e. The minimum Gasteiger partial charge on any atom is -0.547 e. The van der Waals surface area contributed by atoms with Gasteiger partial charge in [-0.3, -0.25) is 0 Å². The van der Waals surface area contributed by atoms with Crippen LogP contribution in [0.15, 0.2) is 11.3 Å². The van der Waals surface area contributed by atoms with Crippen LogP contribution in [0.25, 0.3) is 0 Å². The maximum atomic E-state index is 11.4. The molecular formula is C9H20O4Si2. The predicted molar refractivity (Wildman–Crippen MR) is 64.5 cm³/mol. The molecule has 0 rings (SSSR count). The number of rotatable bonds is 5. The van der Waals surface area contributed by atoms with E-state index in [0.717, 1.165) is 0 Å². The Labute approximate surface area is 94.4 Å². The number of hydrogen-bond donors (Lipinski definition) is 1. The molecule has 4 nitrogen and oxygen atoms in total. The lowest BCUT2D eigenvalue weighted by atomic mass is 10.3. The molecule has 88 valence electrons. The molecule has 0 fully saturated rings. The van der Waals surface area contributed by atoms with E-state index in [9.17, 15) is 4.79 Å². The lowest BCUT2D eigenvalue weighted by Crippen LogP contribution is -2.25. The van der Waals surface area contributed by atoms with Crippen LogP contribution in [0.2, 0.25) is 19.6 Å². The van der Waals surface area contributed by atoms with E-state index in [1.807, 2.05) is 0 Å². The Morgan fingerprint density at radius 2 is 1.87 bits per heavy atom. The monoisotopic (exact) mass is 248 g/mol. The fourth-order valence-corrected chi connectivity index (χ4v) is 2.27. The van der Waals surface area contributed by atoms with Crippen molar-refractivity contribution in [2.75, 3.05) is 6.23 Å². The Hall–Kier alpha value is -0.596. The van der Waals surface area contributed by atoms with Crippen molar-refractivity contribution < 1.29 is 18.8 Å². The molecule has 0 radical (unpaired) electrons. The molecule has 0 aliphatic rings. The molecule has 0 aliphatic carbocycles. The highest BCUT2D eigenvalue weighted by Crippen LogP contribution is 2.14. The minimum absolute atomic E-state index is 0.163. The number of hydrogen-bond acceptors (Lipinski definition) is 4. The standard InChI is InChI=1S/C9H20O4Si2/c1-7(9(10)12-6-14-11)8(2)13-15(3,4)5/h11H,6,14H2,1-5H3. The van der Waals surface area contributed by atoms with Crippen LogP contribution in [0.1, 0.15) is 13.8 Å². The molecule has 0 saturated heterocycles. The number of ether oxygens (including phenoxy) is 1. The van der Waals surface area contributed by atoms with Crippen molar-refractivity contribution >= 4 is 24.0 Å². The van der Waals surface area contributed by atoms with E-state index in [4.69, 9.17) is 14.0 Å². The Morgan fingerprint density at radius 3 is 2.27 bits per heavy atom. The molecule has 0 unspecified atom stereocenters. The van der Waals surface area contributed by atoms with Crippen molar-refractivity contribution in [3.05, 3.63) is 11.3 Å². The Kier molecular flexibility index (Phi) is 5.85. The van der Waals surface area contributed by atoms with Crippen molar-refractivity contribution in [2.24, 2.45) is 0 Å². The summed E-state index contributed by atoms with van der Waals surface area (Å²) in [5, 5.41) is 0. The van der Waals surface area contributed by atoms with Gasteiger partial charge in [-0.1, -0.05) is 0 Å². The summed E-state index contributed by atoms with van der Waals surface area (Å²) in [7, 11) is -2.88. The Bertz CT molecular complexity index is 255. The first-order valence-corrected chi connectivity index (χ1v) is 9.96. The van der Waals surface area contributed by atoms with Gasteiger partial charge < -0.3 is 14.0 Å². The van der Waals surface area contributed by atoms with Crippen LogP contribution in [0, 0.1) is 0 Å². The molecule has 0 aromatic rings. The van der Waals surface area contributed by atoms with Crippen molar-refractivity contribution in [1.29, 1.82) is 0 Å². The van der Waals surface area contributed by atoms with E-state index in [-0.39, 0.29) is 6.23 Å². The van der Waals surface area contributed by atoms with Gasteiger partial charge in [0.15, 0.2) is 9.76 Å². The highest BCUT2D eigenvalue weighted by atomic mass is 28.4. The van der Waals surface area contributed by atoms with E-state index in [2.05, 4.69) is 19.6 Å². The Morgan fingerprint density at radius 1 is 1.33 bits per heavy atom. The summed E-state index contributed by atoms with van der Waals surface area (Å²) in [6, 6.07) is 0. The van der Waals surface area contributed by atoms with Gasteiger partial charge in [0.2, 0.25) is 8.32 Å². The molecule has 0 heterocycles. The predicted octanol–water partition coefficient (Wildman–Crippen LogP) is 0.709. The normalized spacial score (nSPS) is 14.0. The SMILES string of the molecule is CC(O[Si](C)(C)C)=C(C)C(=O)OC[SiH2]O. The van der Waals surface area contributed by atoms with E-state index in [1.165, 1.54) is 0 Å². The van der Waals surface area contributed by atoms with Gasteiger partial charge in [-0.15, -0.1) is 0 Å². The first-order chi connectivity index (χ1) is 6.78. The molecule has 0 amide bonds. The molecule has 0 atom stereocenters. The van der Waals surface area contributed by atoms with Crippen LogP contribution >= 0.6 is 0 Å². The van der Waals surface area contributed by atoms with E-state index < -0.39 is 24.0 Å². The van der Waals surface area contributed by atoms with Crippen LogP contribution in [0.5, 0.6) is 0 Å². The van der Waals surface area contributed by atoms with Crippen molar-refractivity contribution in [3.8, 4) is 0 Å². The Balaban J connectivity index is 4.43. The zero-order valence-electron chi connectivity index (χ0n) is 10.1. The first kappa shape index (κ1) is 14.4. The number of carbonyl (C=O) groups excluding carboxylic acids is 1. The van der Waals surface area contributed by atoms with Gasteiger partial charge >= 0.3 is 5.97 Å². The quantitative estimate of drug-likeness (QED) is 0.337. The summed E-state index contributed by atoms with van der Waals surface area (Å²) in [6.07, 6.45) is 0.163. The second-order valence-corrected chi connectivity index (χ2v) is 9.54.